The normalized spacial score (nSPS) is 15.0. The van der Waals surface area contributed by atoms with E-state index in [4.69, 9.17) is 0 Å². The van der Waals surface area contributed by atoms with Gasteiger partial charge in [-0.3, -0.25) is 9.69 Å². The highest BCUT2D eigenvalue weighted by atomic mass is 127. The number of hydrogen-bond donors (Lipinski definition) is 1. The van der Waals surface area contributed by atoms with E-state index in [1.165, 1.54) is 29.4 Å². The minimum absolute atomic E-state index is 0.135. The molecule has 0 aliphatic carbocycles. The summed E-state index contributed by atoms with van der Waals surface area (Å²) in [5, 5.41) is 2.94. The Balaban J connectivity index is 1.37. The molecule has 144 valence electrons. The first kappa shape index (κ1) is 20.1. The minimum Gasteiger partial charge on any atom is -0.369 e. The lowest BCUT2D eigenvalue weighted by molar-refractivity contribution is 0.0950. The molecule has 0 atom stereocenters. The number of carbonyl (C=O) groups excluding carboxylic acids is 1. The summed E-state index contributed by atoms with van der Waals surface area (Å²) in [5.41, 5.74) is 3.13. The van der Waals surface area contributed by atoms with E-state index in [0.717, 1.165) is 39.1 Å². The molecule has 1 aliphatic rings. The zero-order chi connectivity index (χ0) is 19.2. The molecule has 6 heteroatoms. The van der Waals surface area contributed by atoms with Gasteiger partial charge in [0.2, 0.25) is 0 Å². The van der Waals surface area contributed by atoms with Crippen LogP contribution in [-0.2, 0) is 0 Å². The van der Waals surface area contributed by atoms with Crippen molar-refractivity contribution in [2.75, 3.05) is 44.2 Å². The number of halogens is 2. The number of amides is 1. The Morgan fingerprint density at radius 3 is 2.63 bits per heavy atom. The van der Waals surface area contributed by atoms with E-state index in [0.29, 0.717) is 15.7 Å². The topological polar surface area (TPSA) is 35.6 Å². The van der Waals surface area contributed by atoms with Gasteiger partial charge in [0.1, 0.15) is 5.82 Å². The molecule has 3 rings (SSSR count). The fraction of sp³-hybridized carbons (Fsp3) is 0.381. The lowest BCUT2D eigenvalue weighted by atomic mass is 10.2. The second-order valence-corrected chi connectivity index (χ2v) is 8.06. The summed E-state index contributed by atoms with van der Waals surface area (Å²) in [4.78, 5) is 17.1. The van der Waals surface area contributed by atoms with Gasteiger partial charge in [0.05, 0.1) is 5.56 Å². The van der Waals surface area contributed by atoms with E-state index in [1.807, 2.05) is 22.6 Å². The maximum Gasteiger partial charge on any atom is 0.252 e. The number of nitrogens with zero attached hydrogens (tertiary/aromatic N) is 2. The Morgan fingerprint density at radius 1 is 1.15 bits per heavy atom. The van der Waals surface area contributed by atoms with Crippen LogP contribution >= 0.6 is 22.6 Å². The molecule has 1 N–H and O–H groups in total. The molecular formula is C21H25FIN3O. The summed E-state index contributed by atoms with van der Waals surface area (Å²) in [6.45, 7) is 7.87. The number of benzene rings is 2. The lowest BCUT2D eigenvalue weighted by Crippen LogP contribution is -2.47. The number of anilines is 1. The first-order chi connectivity index (χ1) is 13.0. The molecule has 1 amide bonds. The van der Waals surface area contributed by atoms with Crippen molar-refractivity contribution < 1.29 is 9.18 Å². The van der Waals surface area contributed by atoms with Gasteiger partial charge < -0.3 is 10.2 Å². The predicted molar refractivity (Wildman–Crippen MR) is 116 cm³/mol. The SMILES string of the molecule is Cc1cccc(N2CCN(CCCNC(=O)c3ccc(F)cc3I)CC2)c1. The minimum atomic E-state index is -0.319. The summed E-state index contributed by atoms with van der Waals surface area (Å²) < 4.78 is 13.8. The highest BCUT2D eigenvalue weighted by Gasteiger charge is 2.17. The van der Waals surface area contributed by atoms with Crippen molar-refractivity contribution >= 4 is 34.2 Å². The standard InChI is InChI=1S/C21H25FIN3O/c1-16-4-2-5-18(14-16)26-12-10-25(11-13-26)9-3-8-24-21(27)19-7-6-17(22)15-20(19)23/h2,4-7,14-15H,3,8-13H2,1H3,(H,24,27). The summed E-state index contributed by atoms with van der Waals surface area (Å²) in [6, 6.07) is 12.9. The van der Waals surface area contributed by atoms with Crippen molar-refractivity contribution in [3.63, 3.8) is 0 Å². The molecular weight excluding hydrogens is 456 g/mol. The van der Waals surface area contributed by atoms with Crippen molar-refractivity contribution in [2.45, 2.75) is 13.3 Å². The lowest BCUT2D eigenvalue weighted by Gasteiger charge is -2.36. The van der Waals surface area contributed by atoms with Crippen molar-refractivity contribution in [1.82, 2.24) is 10.2 Å². The van der Waals surface area contributed by atoms with Crippen molar-refractivity contribution in [3.8, 4) is 0 Å². The zero-order valence-corrected chi connectivity index (χ0v) is 17.7. The highest BCUT2D eigenvalue weighted by molar-refractivity contribution is 14.1. The van der Waals surface area contributed by atoms with Crippen molar-refractivity contribution in [1.29, 1.82) is 0 Å². The van der Waals surface area contributed by atoms with E-state index < -0.39 is 0 Å². The van der Waals surface area contributed by atoms with Gasteiger partial charge in [-0.25, -0.2) is 4.39 Å². The van der Waals surface area contributed by atoms with E-state index in [1.54, 1.807) is 0 Å². The van der Waals surface area contributed by atoms with Crippen LogP contribution in [0.25, 0.3) is 0 Å². The Kier molecular flexibility index (Phi) is 7.07. The molecule has 0 saturated carbocycles. The van der Waals surface area contributed by atoms with Crippen LogP contribution in [0.15, 0.2) is 42.5 Å². The summed E-state index contributed by atoms with van der Waals surface area (Å²) >= 11 is 1.99. The zero-order valence-electron chi connectivity index (χ0n) is 15.5. The van der Waals surface area contributed by atoms with Crippen LogP contribution in [0.1, 0.15) is 22.3 Å². The monoisotopic (exact) mass is 481 g/mol. The molecule has 2 aromatic rings. The second kappa shape index (κ2) is 9.50. The number of piperazine rings is 1. The van der Waals surface area contributed by atoms with Crippen LogP contribution in [0, 0.1) is 16.3 Å². The maximum absolute atomic E-state index is 13.1. The van der Waals surface area contributed by atoms with Crippen LogP contribution in [0.4, 0.5) is 10.1 Å². The van der Waals surface area contributed by atoms with Gasteiger partial charge in [0, 0.05) is 42.0 Å². The molecule has 0 spiro atoms. The molecule has 0 unspecified atom stereocenters. The summed E-state index contributed by atoms with van der Waals surface area (Å²) in [7, 11) is 0. The van der Waals surface area contributed by atoms with Gasteiger partial charge in [0.15, 0.2) is 0 Å². The van der Waals surface area contributed by atoms with Crippen molar-refractivity contribution in [3.05, 3.63) is 63.0 Å². The smallest absolute Gasteiger partial charge is 0.252 e. The van der Waals surface area contributed by atoms with E-state index in [-0.39, 0.29) is 11.7 Å². The summed E-state index contributed by atoms with van der Waals surface area (Å²) in [6.07, 6.45) is 0.911. The average Bonchev–Trinajstić information content (AvgIpc) is 2.65. The van der Waals surface area contributed by atoms with Gasteiger partial charge in [-0.05, 0) is 78.4 Å². The molecule has 27 heavy (non-hydrogen) atoms. The largest absolute Gasteiger partial charge is 0.369 e. The van der Waals surface area contributed by atoms with Crippen LogP contribution in [0.3, 0.4) is 0 Å². The second-order valence-electron chi connectivity index (χ2n) is 6.90. The van der Waals surface area contributed by atoms with Crippen molar-refractivity contribution in [2.24, 2.45) is 0 Å². The molecule has 1 saturated heterocycles. The van der Waals surface area contributed by atoms with Crippen LogP contribution in [-0.4, -0.2) is 50.1 Å². The Morgan fingerprint density at radius 2 is 1.93 bits per heavy atom. The maximum atomic E-state index is 13.1. The number of hydrogen-bond acceptors (Lipinski definition) is 3. The third kappa shape index (κ3) is 5.65. The molecule has 0 bridgehead atoms. The fourth-order valence-corrected chi connectivity index (χ4v) is 4.05. The van der Waals surface area contributed by atoms with E-state index >= 15 is 0 Å². The number of carbonyl (C=O) groups is 1. The van der Waals surface area contributed by atoms with Crippen LogP contribution in [0.2, 0.25) is 0 Å². The Labute approximate surface area is 173 Å². The molecule has 4 nitrogen and oxygen atoms in total. The van der Waals surface area contributed by atoms with Crippen LogP contribution < -0.4 is 10.2 Å². The Hall–Kier alpha value is -1.67. The van der Waals surface area contributed by atoms with Gasteiger partial charge in [0.25, 0.3) is 5.91 Å². The van der Waals surface area contributed by atoms with Gasteiger partial charge in [-0.15, -0.1) is 0 Å². The highest BCUT2D eigenvalue weighted by Crippen LogP contribution is 2.18. The predicted octanol–water partition coefficient (Wildman–Crippen LogP) is 3.68. The summed E-state index contributed by atoms with van der Waals surface area (Å²) in [5.74, 6) is -0.454. The first-order valence-corrected chi connectivity index (χ1v) is 10.4. The van der Waals surface area contributed by atoms with Gasteiger partial charge in [-0.1, -0.05) is 12.1 Å². The molecule has 1 heterocycles. The van der Waals surface area contributed by atoms with Gasteiger partial charge >= 0.3 is 0 Å². The molecule has 0 radical (unpaired) electrons. The Bertz CT molecular complexity index is 791. The van der Waals surface area contributed by atoms with Gasteiger partial charge in [-0.2, -0.15) is 0 Å². The average molecular weight is 481 g/mol. The number of rotatable bonds is 6. The molecule has 1 aliphatic heterocycles. The first-order valence-electron chi connectivity index (χ1n) is 9.30. The number of aryl methyl sites for hydroxylation is 1. The van der Waals surface area contributed by atoms with E-state index in [9.17, 15) is 9.18 Å². The fourth-order valence-electron chi connectivity index (χ4n) is 3.33. The molecule has 1 fully saturated rings. The molecule has 0 aromatic heterocycles. The van der Waals surface area contributed by atoms with E-state index in [2.05, 4.69) is 46.3 Å². The molecule has 2 aromatic carbocycles. The van der Waals surface area contributed by atoms with Crippen LogP contribution in [0.5, 0.6) is 0 Å². The third-order valence-corrected chi connectivity index (χ3v) is 5.74. The quantitative estimate of drug-likeness (QED) is 0.505. The number of nitrogens with one attached hydrogen (secondary N) is 1. The third-order valence-electron chi connectivity index (χ3n) is 4.85.